The fraction of sp³-hybridized carbons (Fsp3) is 0.556. The molecule has 64 valence electrons. The lowest BCUT2D eigenvalue weighted by molar-refractivity contribution is 0.896. The van der Waals surface area contributed by atoms with Crippen LogP contribution >= 0.6 is 28.4 Å². The summed E-state index contributed by atoms with van der Waals surface area (Å²) in [7, 11) is -0.488. The van der Waals surface area contributed by atoms with Crippen molar-refractivity contribution >= 4 is 28.4 Å². The van der Waals surface area contributed by atoms with E-state index in [2.05, 4.69) is 51.9 Å². The molecule has 0 fully saturated rings. The maximum absolute atomic E-state index is 2.62. The Bertz CT molecular complexity index is 196. The third-order valence-electron chi connectivity index (χ3n) is 1.75. The molecule has 1 atom stereocenters. The third kappa shape index (κ3) is 2.82. The first-order valence-corrected chi connectivity index (χ1v) is 8.50. The third-order valence-corrected chi connectivity index (χ3v) is 6.98. The molecule has 1 aliphatic heterocycles. The fourth-order valence-electron chi connectivity index (χ4n) is 1.10. The van der Waals surface area contributed by atoms with E-state index in [1.807, 2.05) is 0 Å². The second kappa shape index (κ2) is 3.99. The van der Waals surface area contributed by atoms with Crippen LogP contribution in [0.2, 0.25) is 0 Å². The number of hydrogen-bond acceptors (Lipinski definition) is 0. The van der Waals surface area contributed by atoms with Crippen LogP contribution in [0.5, 0.6) is 0 Å². The van der Waals surface area contributed by atoms with Crippen molar-refractivity contribution in [3.63, 3.8) is 0 Å². The van der Waals surface area contributed by atoms with Gasteiger partial charge in [0.15, 0.2) is 0 Å². The predicted octanol–water partition coefficient (Wildman–Crippen LogP) is 4.37. The summed E-state index contributed by atoms with van der Waals surface area (Å²) in [6.45, 7) is 4.45. The van der Waals surface area contributed by atoms with E-state index in [0.717, 1.165) is 0 Å². The Labute approximate surface area is 83.0 Å². The van der Waals surface area contributed by atoms with Crippen LogP contribution in [0.25, 0.3) is 0 Å². The van der Waals surface area contributed by atoms with Crippen LogP contribution in [0.3, 0.4) is 0 Å². The minimum Gasteiger partial charge on any atom is -0.146 e. The number of unbranched alkanes of at least 4 members (excludes halogenated alkanes) is 1. The normalized spacial score (nSPS) is 35.0. The molecule has 0 nitrogen and oxygen atoms in total. The molecule has 0 amide bonds. The summed E-state index contributed by atoms with van der Waals surface area (Å²) in [5, 5.41) is 4.85. The van der Waals surface area contributed by atoms with Gasteiger partial charge >= 0.3 is 0 Å². The first kappa shape index (κ1) is 9.65. The van der Waals surface area contributed by atoms with Crippen molar-refractivity contribution in [2.24, 2.45) is 0 Å². The van der Waals surface area contributed by atoms with Gasteiger partial charge in [-0.3, -0.25) is 0 Å². The molecule has 1 unspecified atom stereocenters. The first-order valence-electron chi connectivity index (χ1n) is 4.03. The number of allylic oxidation sites excluding steroid dienone is 2. The molecular formula is C9H15IS. The Morgan fingerprint density at radius 3 is 2.73 bits per heavy atom. The van der Waals surface area contributed by atoms with E-state index in [-0.39, 0.29) is 0 Å². The highest BCUT2D eigenvalue weighted by atomic mass is 127. The van der Waals surface area contributed by atoms with E-state index in [0.29, 0.717) is 0 Å². The molecule has 0 saturated heterocycles. The smallest absolute Gasteiger partial charge is 0.00729 e. The molecule has 1 heterocycles. The molecule has 0 radical (unpaired) electrons. The second-order valence-electron chi connectivity index (χ2n) is 2.98. The Morgan fingerprint density at radius 1 is 1.55 bits per heavy atom. The standard InChI is InChI=1S/C9H15IS/c1-3-4-6-11(10)7-5-9(2)8-11/h5,7-8H,3-4,6H2,1-2H3. The highest BCUT2D eigenvalue weighted by Crippen LogP contribution is 2.63. The molecule has 0 aromatic carbocycles. The van der Waals surface area contributed by atoms with E-state index in [1.165, 1.54) is 24.2 Å². The molecule has 0 aliphatic carbocycles. The van der Waals surface area contributed by atoms with Gasteiger partial charge in [0.2, 0.25) is 0 Å². The van der Waals surface area contributed by atoms with Crippen molar-refractivity contribution in [3.05, 3.63) is 22.5 Å². The van der Waals surface area contributed by atoms with Crippen molar-refractivity contribution in [1.82, 2.24) is 0 Å². The SMILES string of the molecule is CCCCS1(I)C=CC(C)=C1. The molecule has 0 spiro atoms. The highest BCUT2D eigenvalue weighted by Gasteiger charge is 2.16. The summed E-state index contributed by atoms with van der Waals surface area (Å²) in [6.07, 6.45) is 4.95. The van der Waals surface area contributed by atoms with Gasteiger partial charge in [0, 0.05) is 0 Å². The van der Waals surface area contributed by atoms with Crippen molar-refractivity contribution in [2.75, 3.05) is 5.75 Å². The Kier molecular flexibility index (Phi) is 3.50. The number of hydrogen-bond donors (Lipinski definition) is 0. The van der Waals surface area contributed by atoms with Crippen LogP contribution in [0.4, 0.5) is 0 Å². The fourth-order valence-corrected chi connectivity index (χ4v) is 5.88. The first-order chi connectivity index (χ1) is 5.16. The van der Waals surface area contributed by atoms with E-state index in [9.17, 15) is 0 Å². The maximum Gasteiger partial charge on any atom is -0.00729 e. The molecule has 0 aromatic heterocycles. The lowest BCUT2D eigenvalue weighted by Gasteiger charge is -2.22. The van der Waals surface area contributed by atoms with Gasteiger partial charge in [0.1, 0.15) is 0 Å². The zero-order chi connectivity index (χ0) is 8.32. The molecule has 1 aliphatic rings. The summed E-state index contributed by atoms with van der Waals surface area (Å²) in [5.41, 5.74) is 1.45. The molecule has 2 heteroatoms. The Morgan fingerprint density at radius 2 is 2.27 bits per heavy atom. The van der Waals surface area contributed by atoms with Gasteiger partial charge in [0.05, 0.1) is 0 Å². The summed E-state index contributed by atoms with van der Waals surface area (Å²) in [6, 6.07) is 0. The average molecular weight is 282 g/mol. The van der Waals surface area contributed by atoms with Crippen molar-refractivity contribution in [3.8, 4) is 0 Å². The van der Waals surface area contributed by atoms with Crippen molar-refractivity contribution in [2.45, 2.75) is 26.7 Å². The monoisotopic (exact) mass is 282 g/mol. The molecule has 0 bridgehead atoms. The van der Waals surface area contributed by atoms with E-state index in [4.69, 9.17) is 0 Å². The number of rotatable bonds is 3. The van der Waals surface area contributed by atoms with Gasteiger partial charge in [-0.05, 0) is 56.7 Å². The average Bonchev–Trinajstić information content (AvgIpc) is 2.28. The van der Waals surface area contributed by atoms with Gasteiger partial charge in [-0.15, -0.1) is 7.20 Å². The highest BCUT2D eigenvalue weighted by molar-refractivity contribution is 14.2. The molecule has 11 heavy (non-hydrogen) atoms. The summed E-state index contributed by atoms with van der Waals surface area (Å²) in [4.78, 5) is 0. The van der Waals surface area contributed by atoms with Crippen LogP contribution in [0.15, 0.2) is 22.5 Å². The van der Waals surface area contributed by atoms with Gasteiger partial charge < -0.3 is 0 Å². The van der Waals surface area contributed by atoms with Gasteiger partial charge in [-0.2, -0.15) is 0 Å². The largest absolute Gasteiger partial charge is 0.146 e. The van der Waals surface area contributed by atoms with Crippen LogP contribution < -0.4 is 0 Å². The topological polar surface area (TPSA) is 0 Å². The lowest BCUT2D eigenvalue weighted by Crippen LogP contribution is -1.87. The molecule has 1 rings (SSSR count). The molecular weight excluding hydrogens is 267 g/mol. The van der Waals surface area contributed by atoms with Crippen LogP contribution in [-0.4, -0.2) is 5.75 Å². The molecule has 0 N–H and O–H groups in total. The maximum atomic E-state index is 2.62. The molecule has 0 aromatic rings. The second-order valence-corrected chi connectivity index (χ2v) is 10.3. The van der Waals surface area contributed by atoms with E-state index < -0.39 is 7.20 Å². The lowest BCUT2D eigenvalue weighted by atomic mass is 10.4. The summed E-state index contributed by atoms with van der Waals surface area (Å²) in [5.74, 6) is 1.37. The van der Waals surface area contributed by atoms with Gasteiger partial charge in [0.25, 0.3) is 0 Å². The summed E-state index contributed by atoms with van der Waals surface area (Å²) >= 11 is 2.62. The van der Waals surface area contributed by atoms with Crippen LogP contribution in [-0.2, 0) is 0 Å². The van der Waals surface area contributed by atoms with Crippen molar-refractivity contribution < 1.29 is 0 Å². The summed E-state index contributed by atoms with van der Waals surface area (Å²) < 4.78 is 0. The van der Waals surface area contributed by atoms with E-state index in [1.54, 1.807) is 0 Å². The van der Waals surface area contributed by atoms with E-state index >= 15 is 0 Å². The molecule has 0 saturated carbocycles. The predicted molar refractivity (Wildman–Crippen MR) is 64.3 cm³/mol. The van der Waals surface area contributed by atoms with Crippen molar-refractivity contribution in [1.29, 1.82) is 0 Å². The zero-order valence-corrected chi connectivity index (χ0v) is 10.1. The quantitative estimate of drug-likeness (QED) is 0.674. The van der Waals surface area contributed by atoms with Crippen LogP contribution in [0.1, 0.15) is 26.7 Å². The Hall–Kier alpha value is 0.560. The van der Waals surface area contributed by atoms with Gasteiger partial charge in [-0.1, -0.05) is 19.4 Å². The zero-order valence-electron chi connectivity index (χ0n) is 7.14. The minimum atomic E-state index is -0.488. The minimum absolute atomic E-state index is 0.488. The van der Waals surface area contributed by atoms with Crippen LogP contribution in [0, 0.1) is 0 Å². The van der Waals surface area contributed by atoms with Gasteiger partial charge in [-0.25, -0.2) is 0 Å². The Balaban J connectivity index is 2.50. The number of halogens is 1.